The van der Waals surface area contributed by atoms with Gasteiger partial charge in [0.15, 0.2) is 5.69 Å². The van der Waals surface area contributed by atoms with Crippen LogP contribution in [0.25, 0.3) is 10.8 Å². The summed E-state index contributed by atoms with van der Waals surface area (Å²) in [5.41, 5.74) is 0.626. The van der Waals surface area contributed by atoms with Crippen molar-refractivity contribution in [2.75, 3.05) is 7.05 Å². The number of carbonyl (C=O) groups excluding carboxylic acids is 1. The number of hydrogen-bond donors (Lipinski definition) is 0. The van der Waals surface area contributed by atoms with E-state index in [2.05, 4.69) is 5.10 Å². The van der Waals surface area contributed by atoms with Crippen LogP contribution in [0.5, 0.6) is 0 Å². The first kappa shape index (κ1) is 15.9. The van der Waals surface area contributed by atoms with E-state index in [1.807, 2.05) is 0 Å². The number of aromatic nitrogens is 2. The lowest BCUT2D eigenvalue weighted by atomic mass is 10.1. The maximum Gasteiger partial charge on any atom is 0.274 e. The topological polar surface area (TPSA) is 55.2 Å². The Hall–Kier alpha value is -3.02. The van der Waals surface area contributed by atoms with E-state index in [9.17, 15) is 14.0 Å². The van der Waals surface area contributed by atoms with Gasteiger partial charge in [-0.05, 0) is 23.8 Å². The van der Waals surface area contributed by atoms with Crippen molar-refractivity contribution >= 4 is 16.7 Å². The molecule has 1 heterocycles. The molecule has 0 aliphatic rings. The molecule has 1 aromatic heterocycles. The molecule has 0 atom stereocenters. The quantitative estimate of drug-likeness (QED) is 0.743. The van der Waals surface area contributed by atoms with Gasteiger partial charge < -0.3 is 4.90 Å². The normalized spacial score (nSPS) is 10.8. The molecule has 6 heteroatoms. The highest BCUT2D eigenvalue weighted by atomic mass is 19.1. The van der Waals surface area contributed by atoms with Crippen LogP contribution in [0.4, 0.5) is 4.39 Å². The largest absolute Gasteiger partial charge is 0.336 e. The van der Waals surface area contributed by atoms with Gasteiger partial charge in [0.25, 0.3) is 11.5 Å². The molecule has 0 saturated heterocycles. The molecule has 2 aromatic carbocycles. The molecule has 1 amide bonds. The number of rotatable bonds is 3. The Bertz CT molecular complexity index is 981. The Morgan fingerprint density at radius 1 is 1.17 bits per heavy atom. The molecule has 0 N–H and O–H groups in total. The third kappa shape index (κ3) is 2.90. The highest BCUT2D eigenvalue weighted by molar-refractivity contribution is 6.04. The summed E-state index contributed by atoms with van der Waals surface area (Å²) in [4.78, 5) is 26.4. The second-order valence-corrected chi connectivity index (χ2v) is 5.61. The lowest BCUT2D eigenvalue weighted by molar-refractivity contribution is 0.0779. The predicted octanol–water partition coefficient (Wildman–Crippen LogP) is 2.34. The van der Waals surface area contributed by atoms with Gasteiger partial charge in [-0.1, -0.05) is 30.3 Å². The number of carbonyl (C=O) groups is 1. The number of aryl methyl sites for hydroxylation is 1. The highest BCUT2D eigenvalue weighted by Gasteiger charge is 2.19. The molecule has 0 aliphatic heterocycles. The summed E-state index contributed by atoms with van der Waals surface area (Å²) in [6.45, 7) is 0.245. The molecule has 3 aromatic rings. The first-order valence-corrected chi connectivity index (χ1v) is 7.43. The summed E-state index contributed by atoms with van der Waals surface area (Å²) < 4.78 is 14.5. The fourth-order valence-corrected chi connectivity index (χ4v) is 2.62. The molecule has 0 aliphatic carbocycles. The van der Waals surface area contributed by atoms with Gasteiger partial charge in [-0.3, -0.25) is 9.59 Å². The van der Waals surface area contributed by atoms with Crippen molar-refractivity contribution in [3.63, 3.8) is 0 Å². The third-order valence-corrected chi connectivity index (χ3v) is 3.81. The minimum Gasteiger partial charge on any atom is -0.336 e. The van der Waals surface area contributed by atoms with E-state index in [0.717, 1.165) is 4.68 Å². The molecular formula is C18H16FN3O2. The fraction of sp³-hybridized carbons (Fsp3) is 0.167. The molecule has 0 fully saturated rings. The average Bonchev–Trinajstić information content (AvgIpc) is 2.57. The van der Waals surface area contributed by atoms with Gasteiger partial charge in [-0.2, -0.15) is 5.10 Å². The molecule has 0 radical (unpaired) electrons. The van der Waals surface area contributed by atoms with Crippen LogP contribution in [0.15, 0.2) is 53.3 Å². The molecule has 5 nitrogen and oxygen atoms in total. The summed E-state index contributed by atoms with van der Waals surface area (Å²) >= 11 is 0. The number of nitrogens with zero attached hydrogens (tertiary/aromatic N) is 3. The standard InChI is InChI=1S/C18H16FN3O2/c1-21(11-12-6-5-7-13(19)10-12)18(24)16-14-8-3-4-9-15(14)17(23)22(2)20-16/h3-10H,11H2,1-2H3. The summed E-state index contributed by atoms with van der Waals surface area (Å²) in [6, 6.07) is 13.0. The predicted molar refractivity (Wildman–Crippen MR) is 89.2 cm³/mol. The second-order valence-electron chi connectivity index (χ2n) is 5.61. The number of fused-ring (bicyclic) bond motifs is 1. The van der Waals surface area contributed by atoms with Crippen LogP contribution in [0.3, 0.4) is 0 Å². The van der Waals surface area contributed by atoms with Crippen LogP contribution < -0.4 is 5.56 Å². The van der Waals surface area contributed by atoms with E-state index in [1.54, 1.807) is 43.4 Å². The van der Waals surface area contributed by atoms with Crippen LogP contribution in [0, 0.1) is 5.82 Å². The van der Waals surface area contributed by atoms with E-state index >= 15 is 0 Å². The zero-order valence-electron chi connectivity index (χ0n) is 13.4. The zero-order valence-corrected chi connectivity index (χ0v) is 13.4. The summed E-state index contributed by atoms with van der Waals surface area (Å²) in [6.07, 6.45) is 0. The van der Waals surface area contributed by atoms with Gasteiger partial charge >= 0.3 is 0 Å². The van der Waals surface area contributed by atoms with Gasteiger partial charge in [0, 0.05) is 26.0 Å². The van der Waals surface area contributed by atoms with E-state index < -0.39 is 0 Å². The van der Waals surface area contributed by atoms with Crippen molar-refractivity contribution in [3.05, 3.63) is 76.0 Å². The SMILES string of the molecule is CN(Cc1cccc(F)c1)C(=O)c1nn(C)c(=O)c2ccccc12. The van der Waals surface area contributed by atoms with Crippen LogP contribution in [-0.2, 0) is 13.6 Å². The number of benzene rings is 2. The molecular weight excluding hydrogens is 309 g/mol. The van der Waals surface area contributed by atoms with E-state index in [4.69, 9.17) is 0 Å². The molecule has 3 rings (SSSR count). The van der Waals surface area contributed by atoms with Gasteiger partial charge in [0.1, 0.15) is 5.82 Å². The third-order valence-electron chi connectivity index (χ3n) is 3.81. The first-order valence-electron chi connectivity index (χ1n) is 7.43. The summed E-state index contributed by atoms with van der Waals surface area (Å²) in [5, 5.41) is 5.07. The van der Waals surface area contributed by atoms with Crippen molar-refractivity contribution in [2.45, 2.75) is 6.54 Å². The maximum absolute atomic E-state index is 13.3. The maximum atomic E-state index is 13.3. The zero-order chi connectivity index (χ0) is 17.3. The van der Waals surface area contributed by atoms with E-state index in [0.29, 0.717) is 16.3 Å². The van der Waals surface area contributed by atoms with Gasteiger partial charge in [0.2, 0.25) is 0 Å². The van der Waals surface area contributed by atoms with Crippen LogP contribution >= 0.6 is 0 Å². The summed E-state index contributed by atoms with van der Waals surface area (Å²) in [7, 11) is 3.13. The fourth-order valence-electron chi connectivity index (χ4n) is 2.62. The van der Waals surface area contributed by atoms with Gasteiger partial charge in [0.05, 0.1) is 5.39 Å². The molecule has 0 spiro atoms. The Labute approximate surface area is 137 Å². The van der Waals surface area contributed by atoms with Crippen molar-refractivity contribution in [1.82, 2.24) is 14.7 Å². The second kappa shape index (κ2) is 6.23. The molecule has 24 heavy (non-hydrogen) atoms. The lowest BCUT2D eigenvalue weighted by Gasteiger charge is -2.18. The van der Waals surface area contributed by atoms with Crippen molar-refractivity contribution in [3.8, 4) is 0 Å². The van der Waals surface area contributed by atoms with Crippen molar-refractivity contribution in [1.29, 1.82) is 0 Å². The number of amides is 1. The molecule has 0 unspecified atom stereocenters. The average molecular weight is 325 g/mol. The van der Waals surface area contributed by atoms with Crippen LogP contribution in [0.2, 0.25) is 0 Å². The molecule has 122 valence electrons. The van der Waals surface area contributed by atoms with Crippen molar-refractivity contribution in [2.24, 2.45) is 7.05 Å². The Kier molecular flexibility index (Phi) is 4.12. The molecule has 0 saturated carbocycles. The Morgan fingerprint density at radius 2 is 1.88 bits per heavy atom. The van der Waals surface area contributed by atoms with Crippen LogP contribution in [0.1, 0.15) is 16.1 Å². The Morgan fingerprint density at radius 3 is 2.58 bits per heavy atom. The van der Waals surface area contributed by atoms with Crippen molar-refractivity contribution < 1.29 is 9.18 Å². The van der Waals surface area contributed by atoms with Gasteiger partial charge in [-0.25, -0.2) is 9.07 Å². The smallest absolute Gasteiger partial charge is 0.274 e. The first-order chi connectivity index (χ1) is 11.5. The van der Waals surface area contributed by atoms with Crippen LogP contribution in [-0.4, -0.2) is 27.6 Å². The van der Waals surface area contributed by atoms with E-state index in [-0.39, 0.29) is 29.5 Å². The molecule has 0 bridgehead atoms. The minimum atomic E-state index is -0.348. The van der Waals surface area contributed by atoms with Gasteiger partial charge in [-0.15, -0.1) is 0 Å². The Balaban J connectivity index is 1.99. The highest BCUT2D eigenvalue weighted by Crippen LogP contribution is 2.16. The minimum absolute atomic E-state index is 0.201. The summed E-state index contributed by atoms with van der Waals surface area (Å²) in [5.74, 6) is -0.676. The number of halogens is 1. The number of hydrogen-bond acceptors (Lipinski definition) is 3. The van der Waals surface area contributed by atoms with E-state index in [1.165, 1.54) is 24.1 Å². The monoisotopic (exact) mass is 325 g/mol. The lowest BCUT2D eigenvalue weighted by Crippen LogP contribution is -2.31.